The van der Waals surface area contributed by atoms with Crippen molar-refractivity contribution in [2.24, 2.45) is 5.92 Å². The Labute approximate surface area is 82.2 Å². The average molecular weight is 182 g/mol. The molecule has 0 saturated carbocycles. The van der Waals surface area contributed by atoms with Gasteiger partial charge in [0, 0.05) is 7.11 Å². The molecule has 0 fully saturated rings. The molecule has 0 spiro atoms. The predicted molar refractivity (Wildman–Crippen MR) is 56.8 cm³/mol. The van der Waals surface area contributed by atoms with Gasteiger partial charge in [-0.3, -0.25) is 0 Å². The molecule has 0 aliphatic heterocycles. The standard InChI is InChI=1S/C12H22O/c1-10(2)8-11-6-4-5-7-12(11)9-13-3/h10H,4-9H2,1-3H3. The van der Waals surface area contributed by atoms with Crippen molar-refractivity contribution in [3.8, 4) is 0 Å². The summed E-state index contributed by atoms with van der Waals surface area (Å²) in [7, 11) is 1.80. The number of rotatable bonds is 4. The van der Waals surface area contributed by atoms with Gasteiger partial charge < -0.3 is 4.74 Å². The average Bonchev–Trinajstić information content (AvgIpc) is 2.08. The van der Waals surface area contributed by atoms with Crippen LogP contribution in [0.1, 0.15) is 46.0 Å². The van der Waals surface area contributed by atoms with Gasteiger partial charge in [0.05, 0.1) is 6.61 Å². The molecule has 0 amide bonds. The Morgan fingerprint density at radius 1 is 1.15 bits per heavy atom. The van der Waals surface area contributed by atoms with Gasteiger partial charge >= 0.3 is 0 Å². The molecule has 1 aliphatic rings. The van der Waals surface area contributed by atoms with Crippen LogP contribution >= 0.6 is 0 Å². The number of hydrogen-bond acceptors (Lipinski definition) is 1. The normalized spacial score (nSPS) is 18.5. The SMILES string of the molecule is COCC1=C(CC(C)C)CCCC1. The van der Waals surface area contributed by atoms with Crippen molar-refractivity contribution in [2.75, 3.05) is 13.7 Å². The van der Waals surface area contributed by atoms with Crippen LogP contribution < -0.4 is 0 Å². The van der Waals surface area contributed by atoms with Crippen LogP contribution in [-0.2, 0) is 4.74 Å². The Morgan fingerprint density at radius 2 is 1.77 bits per heavy atom. The fourth-order valence-corrected chi connectivity index (χ4v) is 2.12. The van der Waals surface area contributed by atoms with Crippen LogP contribution in [0.5, 0.6) is 0 Å². The molecule has 0 radical (unpaired) electrons. The second-order valence-corrected chi connectivity index (χ2v) is 4.45. The van der Waals surface area contributed by atoms with E-state index in [9.17, 15) is 0 Å². The van der Waals surface area contributed by atoms with Gasteiger partial charge in [0.25, 0.3) is 0 Å². The van der Waals surface area contributed by atoms with Crippen molar-refractivity contribution < 1.29 is 4.74 Å². The predicted octanol–water partition coefficient (Wildman–Crippen LogP) is 3.55. The van der Waals surface area contributed by atoms with Crippen LogP contribution in [0.3, 0.4) is 0 Å². The number of allylic oxidation sites excluding steroid dienone is 1. The smallest absolute Gasteiger partial charge is 0.0675 e. The van der Waals surface area contributed by atoms with E-state index < -0.39 is 0 Å². The summed E-state index contributed by atoms with van der Waals surface area (Å²) in [5, 5.41) is 0. The Bertz CT molecular complexity index is 180. The second kappa shape index (κ2) is 5.43. The third kappa shape index (κ3) is 3.51. The Hall–Kier alpha value is -0.300. The van der Waals surface area contributed by atoms with Gasteiger partial charge in [-0.05, 0) is 43.6 Å². The van der Waals surface area contributed by atoms with Gasteiger partial charge in [0.2, 0.25) is 0 Å². The van der Waals surface area contributed by atoms with Crippen LogP contribution in [0.2, 0.25) is 0 Å². The molecule has 0 saturated heterocycles. The van der Waals surface area contributed by atoms with Gasteiger partial charge in [-0.25, -0.2) is 0 Å². The second-order valence-electron chi connectivity index (χ2n) is 4.45. The van der Waals surface area contributed by atoms with Crippen LogP contribution in [0.4, 0.5) is 0 Å². The van der Waals surface area contributed by atoms with Crippen LogP contribution in [-0.4, -0.2) is 13.7 Å². The molecule has 1 rings (SSSR count). The van der Waals surface area contributed by atoms with E-state index in [-0.39, 0.29) is 0 Å². The molecule has 0 bridgehead atoms. The zero-order chi connectivity index (χ0) is 9.68. The molecule has 0 aromatic heterocycles. The maximum atomic E-state index is 5.24. The monoisotopic (exact) mass is 182 g/mol. The van der Waals surface area contributed by atoms with Crippen molar-refractivity contribution in [1.29, 1.82) is 0 Å². The minimum atomic E-state index is 0.792. The highest BCUT2D eigenvalue weighted by Crippen LogP contribution is 2.29. The highest BCUT2D eigenvalue weighted by Gasteiger charge is 2.13. The molecule has 0 aromatic rings. The van der Waals surface area contributed by atoms with E-state index in [0.29, 0.717) is 0 Å². The van der Waals surface area contributed by atoms with E-state index in [1.807, 2.05) is 0 Å². The van der Waals surface area contributed by atoms with Crippen molar-refractivity contribution in [3.63, 3.8) is 0 Å². The first-order valence-corrected chi connectivity index (χ1v) is 5.42. The summed E-state index contributed by atoms with van der Waals surface area (Å²) >= 11 is 0. The van der Waals surface area contributed by atoms with Gasteiger partial charge in [0.1, 0.15) is 0 Å². The van der Waals surface area contributed by atoms with Crippen LogP contribution in [0, 0.1) is 5.92 Å². The summed E-state index contributed by atoms with van der Waals surface area (Å²) in [4.78, 5) is 0. The highest BCUT2D eigenvalue weighted by atomic mass is 16.5. The third-order valence-corrected chi connectivity index (χ3v) is 2.68. The maximum Gasteiger partial charge on any atom is 0.0675 e. The maximum absolute atomic E-state index is 5.24. The molecule has 0 atom stereocenters. The Morgan fingerprint density at radius 3 is 2.31 bits per heavy atom. The van der Waals surface area contributed by atoms with Crippen molar-refractivity contribution >= 4 is 0 Å². The molecule has 0 unspecified atom stereocenters. The summed E-state index contributed by atoms with van der Waals surface area (Å²) in [6.07, 6.45) is 6.61. The molecule has 1 nitrogen and oxygen atoms in total. The lowest BCUT2D eigenvalue weighted by Crippen LogP contribution is -2.07. The van der Waals surface area contributed by atoms with Crippen molar-refractivity contribution in [2.45, 2.75) is 46.0 Å². The molecular weight excluding hydrogens is 160 g/mol. The molecule has 0 N–H and O–H groups in total. The number of methoxy groups -OCH3 is 1. The molecule has 13 heavy (non-hydrogen) atoms. The zero-order valence-electron chi connectivity index (χ0n) is 9.23. The van der Waals surface area contributed by atoms with E-state index in [1.165, 1.54) is 32.1 Å². The number of hydrogen-bond donors (Lipinski definition) is 0. The summed E-state index contributed by atoms with van der Waals surface area (Å²) < 4.78 is 5.24. The first kappa shape index (κ1) is 10.8. The summed E-state index contributed by atoms with van der Waals surface area (Å²) in [6, 6.07) is 0. The Balaban J connectivity index is 2.59. The van der Waals surface area contributed by atoms with Crippen LogP contribution in [0.25, 0.3) is 0 Å². The lowest BCUT2D eigenvalue weighted by atomic mass is 9.87. The van der Waals surface area contributed by atoms with Gasteiger partial charge in [-0.1, -0.05) is 19.4 Å². The van der Waals surface area contributed by atoms with E-state index in [1.54, 1.807) is 18.3 Å². The summed E-state index contributed by atoms with van der Waals surface area (Å²) in [5.41, 5.74) is 3.27. The van der Waals surface area contributed by atoms with Gasteiger partial charge in [0.15, 0.2) is 0 Å². The van der Waals surface area contributed by atoms with E-state index in [0.717, 1.165) is 12.5 Å². The number of ether oxygens (including phenoxy) is 1. The third-order valence-electron chi connectivity index (χ3n) is 2.68. The van der Waals surface area contributed by atoms with Crippen molar-refractivity contribution in [3.05, 3.63) is 11.1 Å². The molecular formula is C12H22O. The quantitative estimate of drug-likeness (QED) is 0.604. The minimum absolute atomic E-state index is 0.792. The molecule has 1 aliphatic carbocycles. The lowest BCUT2D eigenvalue weighted by Gasteiger charge is -2.21. The fourth-order valence-electron chi connectivity index (χ4n) is 2.12. The molecule has 76 valence electrons. The molecule has 1 heteroatoms. The Kier molecular flexibility index (Phi) is 4.51. The first-order valence-electron chi connectivity index (χ1n) is 5.42. The van der Waals surface area contributed by atoms with E-state index in [2.05, 4.69) is 13.8 Å². The highest BCUT2D eigenvalue weighted by molar-refractivity contribution is 5.17. The van der Waals surface area contributed by atoms with Gasteiger partial charge in [-0.2, -0.15) is 0 Å². The first-order chi connectivity index (χ1) is 6.24. The lowest BCUT2D eigenvalue weighted by molar-refractivity contribution is 0.219. The van der Waals surface area contributed by atoms with Crippen molar-refractivity contribution in [1.82, 2.24) is 0 Å². The topological polar surface area (TPSA) is 9.23 Å². The summed E-state index contributed by atoms with van der Waals surface area (Å²) in [5.74, 6) is 0.792. The molecule has 0 aromatic carbocycles. The van der Waals surface area contributed by atoms with Gasteiger partial charge in [-0.15, -0.1) is 0 Å². The van der Waals surface area contributed by atoms with E-state index >= 15 is 0 Å². The largest absolute Gasteiger partial charge is 0.380 e. The fraction of sp³-hybridized carbons (Fsp3) is 0.833. The zero-order valence-corrected chi connectivity index (χ0v) is 9.23. The minimum Gasteiger partial charge on any atom is -0.380 e. The summed E-state index contributed by atoms with van der Waals surface area (Å²) in [6.45, 7) is 5.46. The van der Waals surface area contributed by atoms with Crippen LogP contribution in [0.15, 0.2) is 11.1 Å². The molecule has 0 heterocycles. The van der Waals surface area contributed by atoms with E-state index in [4.69, 9.17) is 4.74 Å².